The summed E-state index contributed by atoms with van der Waals surface area (Å²) in [6.07, 6.45) is 3.89. The highest BCUT2D eigenvalue weighted by Crippen LogP contribution is 2.18. The molecule has 8 nitrogen and oxygen atoms in total. The second-order valence-electron chi connectivity index (χ2n) is 7.03. The van der Waals surface area contributed by atoms with Crippen molar-refractivity contribution in [2.75, 3.05) is 39.4 Å². The highest BCUT2D eigenvalue weighted by molar-refractivity contribution is 7.89. The average molecular weight is 423 g/mol. The highest BCUT2D eigenvalue weighted by Gasteiger charge is 2.26. The molecule has 1 aromatic rings. The van der Waals surface area contributed by atoms with Crippen molar-refractivity contribution >= 4 is 28.0 Å². The summed E-state index contributed by atoms with van der Waals surface area (Å²) in [5.41, 5.74) is 0.654. The summed E-state index contributed by atoms with van der Waals surface area (Å²) in [6, 6.07) is 6.26. The van der Waals surface area contributed by atoms with E-state index >= 15 is 0 Å². The largest absolute Gasteiger partial charge is 0.449 e. The number of benzene rings is 1. The van der Waals surface area contributed by atoms with Crippen LogP contribution in [0.2, 0.25) is 0 Å². The summed E-state index contributed by atoms with van der Waals surface area (Å²) in [5.74, 6) is -0.794. The van der Waals surface area contributed by atoms with E-state index in [1.807, 2.05) is 0 Å². The quantitative estimate of drug-likeness (QED) is 0.506. The van der Waals surface area contributed by atoms with Crippen molar-refractivity contribution in [3.8, 4) is 0 Å². The average Bonchev–Trinajstić information content (AvgIpc) is 3.27. The zero-order chi connectivity index (χ0) is 20.9. The monoisotopic (exact) mass is 422 g/mol. The molecule has 0 spiro atoms. The van der Waals surface area contributed by atoms with Crippen molar-refractivity contribution in [1.82, 2.24) is 9.21 Å². The zero-order valence-corrected chi connectivity index (χ0v) is 17.3. The molecule has 0 N–H and O–H groups in total. The van der Waals surface area contributed by atoms with Crippen LogP contribution < -0.4 is 0 Å². The Kier molecular flexibility index (Phi) is 7.05. The lowest BCUT2D eigenvalue weighted by Gasteiger charge is -2.26. The van der Waals surface area contributed by atoms with Crippen LogP contribution in [0.1, 0.15) is 25.3 Å². The van der Waals surface area contributed by atoms with E-state index in [1.54, 1.807) is 24.0 Å². The van der Waals surface area contributed by atoms with Crippen molar-refractivity contribution in [1.29, 1.82) is 0 Å². The summed E-state index contributed by atoms with van der Waals surface area (Å²) < 4.78 is 37.0. The van der Waals surface area contributed by atoms with Gasteiger partial charge in [-0.1, -0.05) is 12.1 Å². The molecular formula is C20H26N2O6S. The van der Waals surface area contributed by atoms with Gasteiger partial charge in [0.15, 0.2) is 6.10 Å². The summed E-state index contributed by atoms with van der Waals surface area (Å²) in [4.78, 5) is 26.1. The molecule has 2 fully saturated rings. The summed E-state index contributed by atoms with van der Waals surface area (Å²) >= 11 is 0. The van der Waals surface area contributed by atoms with Crippen LogP contribution in [0.4, 0.5) is 0 Å². The molecule has 158 valence electrons. The van der Waals surface area contributed by atoms with Crippen LogP contribution in [0.5, 0.6) is 0 Å². The summed E-state index contributed by atoms with van der Waals surface area (Å²) in [7, 11) is -3.55. The number of carbonyl (C=O) groups excluding carboxylic acids is 2. The third kappa shape index (κ3) is 5.43. The molecule has 0 bridgehead atoms. The lowest BCUT2D eigenvalue weighted by Crippen LogP contribution is -2.40. The van der Waals surface area contributed by atoms with Gasteiger partial charge in [0.1, 0.15) is 0 Å². The number of likely N-dealkylation sites (tertiary alicyclic amines) is 1. The van der Waals surface area contributed by atoms with E-state index in [0.717, 1.165) is 12.8 Å². The van der Waals surface area contributed by atoms with Crippen LogP contribution in [0.3, 0.4) is 0 Å². The van der Waals surface area contributed by atoms with Crippen molar-refractivity contribution in [2.24, 2.45) is 0 Å². The molecule has 2 heterocycles. The first kappa shape index (κ1) is 21.5. The standard InChI is InChI=1S/C20H26N2O6S/c1-16(20(24)21-10-2-3-11-21)28-19(23)9-6-17-4-7-18(8-5-17)29(25,26)22-12-14-27-15-13-22/h4-9,16H,2-3,10-15H2,1H3/b9-6+. The van der Waals surface area contributed by atoms with Gasteiger partial charge in [0.2, 0.25) is 10.0 Å². The Bertz CT molecular complexity index is 853. The molecule has 2 saturated heterocycles. The van der Waals surface area contributed by atoms with Crippen LogP contribution in [0.25, 0.3) is 6.08 Å². The van der Waals surface area contributed by atoms with E-state index < -0.39 is 22.1 Å². The fourth-order valence-corrected chi connectivity index (χ4v) is 4.72. The van der Waals surface area contributed by atoms with Crippen LogP contribution >= 0.6 is 0 Å². The van der Waals surface area contributed by atoms with Crippen molar-refractivity contribution in [3.05, 3.63) is 35.9 Å². The predicted molar refractivity (Wildman–Crippen MR) is 106 cm³/mol. The Morgan fingerprint density at radius 1 is 1.07 bits per heavy atom. The number of morpholine rings is 1. The minimum absolute atomic E-state index is 0.179. The third-order valence-electron chi connectivity index (χ3n) is 4.96. The Hall–Kier alpha value is -2.23. The number of nitrogens with zero attached hydrogens (tertiary/aromatic N) is 2. The van der Waals surface area contributed by atoms with Gasteiger partial charge in [0, 0.05) is 32.3 Å². The van der Waals surface area contributed by atoms with E-state index in [2.05, 4.69) is 0 Å². The van der Waals surface area contributed by atoms with E-state index in [9.17, 15) is 18.0 Å². The second-order valence-corrected chi connectivity index (χ2v) is 8.97. The first-order valence-electron chi connectivity index (χ1n) is 9.73. The number of hydrogen-bond donors (Lipinski definition) is 0. The Balaban J connectivity index is 1.56. The van der Waals surface area contributed by atoms with E-state index in [4.69, 9.17) is 9.47 Å². The number of carbonyl (C=O) groups is 2. The molecule has 29 heavy (non-hydrogen) atoms. The Labute approximate surface area is 171 Å². The number of ether oxygens (including phenoxy) is 2. The van der Waals surface area contributed by atoms with Gasteiger partial charge >= 0.3 is 5.97 Å². The topological polar surface area (TPSA) is 93.2 Å². The Morgan fingerprint density at radius 2 is 1.69 bits per heavy atom. The summed E-state index contributed by atoms with van der Waals surface area (Å²) in [5, 5.41) is 0. The maximum Gasteiger partial charge on any atom is 0.331 e. The van der Waals surface area contributed by atoms with Gasteiger partial charge in [-0.15, -0.1) is 0 Å². The molecule has 0 aliphatic carbocycles. The number of sulfonamides is 1. The lowest BCUT2D eigenvalue weighted by atomic mass is 10.2. The summed E-state index contributed by atoms with van der Waals surface area (Å²) in [6.45, 7) is 4.43. The molecule has 9 heteroatoms. The number of rotatable bonds is 6. The van der Waals surface area contributed by atoms with E-state index in [0.29, 0.717) is 45.0 Å². The molecule has 1 amide bonds. The molecule has 1 unspecified atom stereocenters. The van der Waals surface area contributed by atoms with Gasteiger partial charge in [-0.25, -0.2) is 13.2 Å². The zero-order valence-electron chi connectivity index (χ0n) is 16.5. The van der Waals surface area contributed by atoms with Gasteiger partial charge in [0.25, 0.3) is 5.91 Å². The number of amides is 1. The molecule has 2 aliphatic heterocycles. The molecule has 0 radical (unpaired) electrons. The minimum atomic E-state index is -3.55. The van der Waals surface area contributed by atoms with Gasteiger partial charge in [0.05, 0.1) is 18.1 Å². The number of esters is 1. The van der Waals surface area contributed by atoms with Gasteiger partial charge < -0.3 is 14.4 Å². The second kappa shape index (κ2) is 9.51. The van der Waals surface area contributed by atoms with Crippen LogP contribution in [0.15, 0.2) is 35.2 Å². The van der Waals surface area contributed by atoms with Crippen LogP contribution in [-0.4, -0.2) is 75.0 Å². The minimum Gasteiger partial charge on any atom is -0.449 e. The molecule has 1 atom stereocenters. The van der Waals surface area contributed by atoms with Gasteiger partial charge in [-0.3, -0.25) is 4.79 Å². The molecule has 0 saturated carbocycles. The molecular weight excluding hydrogens is 396 g/mol. The third-order valence-corrected chi connectivity index (χ3v) is 6.87. The van der Waals surface area contributed by atoms with Gasteiger partial charge in [-0.05, 0) is 43.5 Å². The number of hydrogen-bond acceptors (Lipinski definition) is 6. The predicted octanol–water partition coefficient (Wildman–Crippen LogP) is 1.27. The van der Waals surface area contributed by atoms with Gasteiger partial charge in [-0.2, -0.15) is 4.31 Å². The van der Waals surface area contributed by atoms with E-state index in [1.165, 1.54) is 28.6 Å². The van der Waals surface area contributed by atoms with Crippen LogP contribution in [-0.2, 0) is 29.1 Å². The maximum atomic E-state index is 12.6. The SMILES string of the molecule is CC(OC(=O)/C=C/c1ccc(S(=O)(=O)N2CCOCC2)cc1)C(=O)N1CCCC1. The van der Waals surface area contributed by atoms with Crippen molar-refractivity contribution < 1.29 is 27.5 Å². The Morgan fingerprint density at radius 3 is 2.31 bits per heavy atom. The highest BCUT2D eigenvalue weighted by atomic mass is 32.2. The molecule has 1 aromatic carbocycles. The van der Waals surface area contributed by atoms with Crippen molar-refractivity contribution in [3.63, 3.8) is 0 Å². The molecule has 2 aliphatic rings. The normalized spacial score (nSPS) is 19.4. The van der Waals surface area contributed by atoms with E-state index in [-0.39, 0.29) is 10.8 Å². The smallest absolute Gasteiger partial charge is 0.331 e. The molecule has 0 aromatic heterocycles. The first-order chi connectivity index (χ1) is 13.9. The van der Waals surface area contributed by atoms with Crippen molar-refractivity contribution in [2.45, 2.75) is 30.8 Å². The first-order valence-corrected chi connectivity index (χ1v) is 11.2. The lowest BCUT2D eigenvalue weighted by molar-refractivity contribution is -0.154. The maximum absolute atomic E-state index is 12.6. The molecule has 3 rings (SSSR count). The fourth-order valence-electron chi connectivity index (χ4n) is 3.31. The fraction of sp³-hybridized carbons (Fsp3) is 0.500. The van der Waals surface area contributed by atoms with Crippen LogP contribution in [0, 0.1) is 0 Å².